The molecule has 6 nitrogen and oxygen atoms in total. The average Bonchev–Trinajstić information content (AvgIpc) is 3.21. The minimum Gasteiger partial charge on any atom is -0.352 e. The summed E-state index contributed by atoms with van der Waals surface area (Å²) in [6.07, 6.45) is 8.10. The quantitative estimate of drug-likeness (QED) is 0.485. The molecule has 1 aromatic carbocycles. The lowest BCUT2D eigenvalue weighted by Crippen LogP contribution is -2.44. The summed E-state index contributed by atoms with van der Waals surface area (Å²) in [4.78, 5) is 17.1. The maximum absolute atomic E-state index is 13.0. The maximum Gasteiger partial charge on any atom is 0.233 e. The van der Waals surface area contributed by atoms with Gasteiger partial charge in [0.15, 0.2) is 11.0 Å². The minimum absolute atomic E-state index is 0.0385. The Hall–Kier alpha value is -2.38. The summed E-state index contributed by atoms with van der Waals surface area (Å²) in [5.41, 5.74) is 2.72. The predicted octanol–water partition coefficient (Wildman–Crippen LogP) is 5.47. The van der Waals surface area contributed by atoms with Crippen LogP contribution in [0.25, 0.3) is 17.1 Å². The van der Waals surface area contributed by atoms with E-state index in [4.69, 9.17) is 11.6 Å². The van der Waals surface area contributed by atoms with Gasteiger partial charge in [-0.3, -0.25) is 14.3 Å². The third-order valence-electron chi connectivity index (χ3n) is 6.14. The fraction of sp³-hybridized carbons (Fsp3) is 0.417. The molecule has 1 N–H and O–H groups in total. The highest BCUT2D eigenvalue weighted by molar-refractivity contribution is 8.00. The van der Waals surface area contributed by atoms with Gasteiger partial charge in [0, 0.05) is 29.0 Å². The molecule has 0 radical (unpaired) electrons. The second kappa shape index (κ2) is 10.0. The summed E-state index contributed by atoms with van der Waals surface area (Å²) in [7, 11) is 0. The SMILES string of the molecule is Cc1c(Cl)cccc1-n1c(SC(C)C(=O)NC2CCCCC2C)nnc1-c1ccncc1. The van der Waals surface area contributed by atoms with Crippen LogP contribution in [0.2, 0.25) is 5.02 Å². The number of thioether (sulfide) groups is 1. The lowest BCUT2D eigenvalue weighted by molar-refractivity contribution is -0.121. The molecule has 32 heavy (non-hydrogen) atoms. The first kappa shape index (κ1) is 22.8. The van der Waals surface area contributed by atoms with Crippen molar-refractivity contribution in [1.82, 2.24) is 25.1 Å². The number of carbonyl (C=O) groups excluding carboxylic acids is 1. The van der Waals surface area contributed by atoms with Gasteiger partial charge in [-0.05, 0) is 62.4 Å². The van der Waals surface area contributed by atoms with Crippen LogP contribution in [-0.4, -0.2) is 36.9 Å². The molecular formula is C24H28ClN5OS. The van der Waals surface area contributed by atoms with Crippen molar-refractivity contribution in [1.29, 1.82) is 0 Å². The second-order valence-electron chi connectivity index (χ2n) is 8.40. The number of nitrogens with zero attached hydrogens (tertiary/aromatic N) is 4. The van der Waals surface area contributed by atoms with E-state index in [0.29, 0.717) is 21.9 Å². The summed E-state index contributed by atoms with van der Waals surface area (Å²) in [5.74, 6) is 1.24. The average molecular weight is 470 g/mol. The van der Waals surface area contributed by atoms with E-state index in [1.807, 2.05) is 48.7 Å². The van der Waals surface area contributed by atoms with Gasteiger partial charge < -0.3 is 5.32 Å². The normalized spacial score (nSPS) is 19.5. The molecule has 2 aromatic heterocycles. The molecule has 3 aromatic rings. The number of benzene rings is 1. The van der Waals surface area contributed by atoms with Crippen molar-refractivity contribution in [3.63, 3.8) is 0 Å². The van der Waals surface area contributed by atoms with Crippen LogP contribution in [0, 0.1) is 12.8 Å². The number of hydrogen-bond acceptors (Lipinski definition) is 5. The lowest BCUT2D eigenvalue weighted by Gasteiger charge is -2.30. The smallest absolute Gasteiger partial charge is 0.233 e. The zero-order chi connectivity index (χ0) is 22.7. The Morgan fingerprint density at radius 3 is 2.69 bits per heavy atom. The Bertz CT molecular complexity index is 1090. The van der Waals surface area contributed by atoms with Crippen LogP contribution in [0.15, 0.2) is 47.9 Å². The van der Waals surface area contributed by atoms with Crippen molar-refractivity contribution in [2.24, 2.45) is 5.92 Å². The van der Waals surface area contributed by atoms with Gasteiger partial charge in [-0.15, -0.1) is 10.2 Å². The van der Waals surface area contributed by atoms with E-state index in [2.05, 4.69) is 27.4 Å². The molecule has 2 heterocycles. The van der Waals surface area contributed by atoms with Crippen LogP contribution in [0.5, 0.6) is 0 Å². The highest BCUT2D eigenvalue weighted by atomic mass is 35.5. The molecule has 3 atom stereocenters. The van der Waals surface area contributed by atoms with Crippen LogP contribution in [0.4, 0.5) is 0 Å². The van der Waals surface area contributed by atoms with Crippen molar-refractivity contribution in [3.05, 3.63) is 53.3 Å². The summed E-state index contributed by atoms with van der Waals surface area (Å²) in [6.45, 7) is 6.12. The van der Waals surface area contributed by atoms with Gasteiger partial charge in [-0.2, -0.15) is 0 Å². The lowest BCUT2D eigenvalue weighted by atomic mass is 9.86. The van der Waals surface area contributed by atoms with Gasteiger partial charge in [-0.25, -0.2) is 0 Å². The molecule has 0 saturated heterocycles. The zero-order valence-corrected chi connectivity index (χ0v) is 20.2. The van der Waals surface area contributed by atoms with Crippen molar-refractivity contribution in [3.8, 4) is 17.1 Å². The van der Waals surface area contributed by atoms with Crippen molar-refractivity contribution < 1.29 is 4.79 Å². The number of amides is 1. The van der Waals surface area contributed by atoms with Crippen LogP contribution >= 0.6 is 23.4 Å². The summed E-state index contributed by atoms with van der Waals surface area (Å²) >= 11 is 7.84. The monoisotopic (exact) mass is 469 g/mol. The number of halogens is 1. The number of rotatable bonds is 6. The molecule has 1 aliphatic rings. The second-order valence-corrected chi connectivity index (χ2v) is 10.1. The van der Waals surface area contributed by atoms with E-state index in [0.717, 1.165) is 23.2 Å². The van der Waals surface area contributed by atoms with E-state index in [1.54, 1.807) is 12.4 Å². The molecule has 1 saturated carbocycles. The Morgan fingerprint density at radius 2 is 1.94 bits per heavy atom. The van der Waals surface area contributed by atoms with Crippen LogP contribution in [0.1, 0.15) is 45.1 Å². The number of nitrogens with one attached hydrogen (secondary N) is 1. The molecule has 4 rings (SSSR count). The van der Waals surface area contributed by atoms with Crippen LogP contribution in [0.3, 0.4) is 0 Å². The van der Waals surface area contributed by atoms with Gasteiger partial charge in [-0.1, -0.05) is 49.2 Å². The Kier molecular flexibility index (Phi) is 7.16. The topological polar surface area (TPSA) is 72.7 Å². The van der Waals surface area contributed by atoms with E-state index in [-0.39, 0.29) is 17.2 Å². The summed E-state index contributed by atoms with van der Waals surface area (Å²) in [5, 5.41) is 13.2. The Balaban J connectivity index is 1.64. The van der Waals surface area contributed by atoms with E-state index in [1.165, 1.54) is 31.0 Å². The number of pyridine rings is 1. The third kappa shape index (κ3) is 4.84. The number of hydrogen-bond donors (Lipinski definition) is 1. The molecule has 8 heteroatoms. The van der Waals surface area contributed by atoms with Crippen molar-refractivity contribution in [2.75, 3.05) is 0 Å². The van der Waals surface area contributed by atoms with Gasteiger partial charge in [0.25, 0.3) is 0 Å². The third-order valence-corrected chi connectivity index (χ3v) is 7.59. The van der Waals surface area contributed by atoms with Crippen molar-refractivity contribution in [2.45, 2.75) is 62.9 Å². The summed E-state index contributed by atoms with van der Waals surface area (Å²) in [6, 6.07) is 9.82. The van der Waals surface area contributed by atoms with Gasteiger partial charge >= 0.3 is 0 Å². The minimum atomic E-state index is -0.308. The standard InChI is InChI=1S/C24H28ClN5OS/c1-15-7-4-5-9-20(15)27-23(31)17(3)32-24-29-28-22(18-11-13-26-14-12-18)30(24)21-10-6-8-19(25)16(21)2/h6,8,10-15,17,20H,4-5,7,9H2,1-3H3,(H,27,31). The molecule has 0 aliphatic heterocycles. The molecular weight excluding hydrogens is 442 g/mol. The fourth-order valence-electron chi connectivity index (χ4n) is 4.13. The van der Waals surface area contributed by atoms with E-state index in [9.17, 15) is 4.79 Å². The summed E-state index contributed by atoms with van der Waals surface area (Å²) < 4.78 is 1.98. The molecule has 1 amide bonds. The maximum atomic E-state index is 13.0. The fourth-order valence-corrected chi connectivity index (χ4v) is 5.17. The Labute approximate surface area is 198 Å². The molecule has 1 fully saturated rings. The van der Waals surface area contributed by atoms with Crippen LogP contribution in [-0.2, 0) is 4.79 Å². The molecule has 3 unspecified atom stereocenters. The molecule has 0 spiro atoms. The molecule has 168 valence electrons. The van der Waals surface area contributed by atoms with E-state index >= 15 is 0 Å². The Morgan fingerprint density at radius 1 is 1.19 bits per heavy atom. The number of carbonyl (C=O) groups is 1. The molecule has 0 bridgehead atoms. The van der Waals surface area contributed by atoms with Crippen molar-refractivity contribution >= 4 is 29.3 Å². The van der Waals surface area contributed by atoms with Gasteiger partial charge in [0.2, 0.25) is 5.91 Å². The largest absolute Gasteiger partial charge is 0.352 e. The highest BCUT2D eigenvalue weighted by Crippen LogP contribution is 2.33. The number of aromatic nitrogens is 4. The highest BCUT2D eigenvalue weighted by Gasteiger charge is 2.27. The van der Waals surface area contributed by atoms with Gasteiger partial charge in [0.1, 0.15) is 0 Å². The first-order valence-electron chi connectivity index (χ1n) is 11.0. The first-order valence-corrected chi connectivity index (χ1v) is 12.3. The zero-order valence-electron chi connectivity index (χ0n) is 18.6. The van der Waals surface area contributed by atoms with Crippen LogP contribution < -0.4 is 5.32 Å². The first-order chi connectivity index (χ1) is 15.5. The predicted molar refractivity (Wildman–Crippen MR) is 129 cm³/mol. The van der Waals surface area contributed by atoms with E-state index < -0.39 is 0 Å². The molecule has 1 aliphatic carbocycles. The van der Waals surface area contributed by atoms with Gasteiger partial charge in [0.05, 0.1) is 10.9 Å².